The van der Waals surface area contributed by atoms with Gasteiger partial charge >= 0.3 is 0 Å². The SMILES string of the molecule is CC1OCCC1N(C)c1cccc2c1CCNC2. The van der Waals surface area contributed by atoms with Gasteiger partial charge in [0, 0.05) is 25.9 Å². The number of hydrogen-bond acceptors (Lipinski definition) is 3. The molecule has 18 heavy (non-hydrogen) atoms. The van der Waals surface area contributed by atoms with Crippen molar-refractivity contribution in [3.05, 3.63) is 29.3 Å². The molecular formula is C15H22N2O. The molecule has 1 saturated heterocycles. The largest absolute Gasteiger partial charge is 0.376 e. The fraction of sp³-hybridized carbons (Fsp3) is 0.600. The summed E-state index contributed by atoms with van der Waals surface area (Å²) in [7, 11) is 2.22. The highest BCUT2D eigenvalue weighted by atomic mass is 16.5. The maximum Gasteiger partial charge on any atom is 0.0750 e. The van der Waals surface area contributed by atoms with E-state index in [-0.39, 0.29) is 0 Å². The molecule has 2 aliphatic heterocycles. The first-order chi connectivity index (χ1) is 8.77. The van der Waals surface area contributed by atoms with E-state index in [1.165, 1.54) is 16.8 Å². The predicted molar refractivity (Wildman–Crippen MR) is 74.1 cm³/mol. The van der Waals surface area contributed by atoms with Gasteiger partial charge in [-0.1, -0.05) is 12.1 Å². The summed E-state index contributed by atoms with van der Waals surface area (Å²) >= 11 is 0. The minimum absolute atomic E-state index is 0.340. The normalized spacial score (nSPS) is 27.0. The minimum atomic E-state index is 0.340. The summed E-state index contributed by atoms with van der Waals surface area (Å²) in [4.78, 5) is 2.43. The lowest BCUT2D eigenvalue weighted by molar-refractivity contribution is 0.118. The third kappa shape index (κ3) is 2.02. The second-order valence-electron chi connectivity index (χ2n) is 5.38. The number of rotatable bonds is 2. The minimum Gasteiger partial charge on any atom is -0.376 e. The van der Waals surface area contributed by atoms with Crippen molar-refractivity contribution in [2.24, 2.45) is 0 Å². The zero-order valence-corrected chi connectivity index (χ0v) is 11.3. The number of benzene rings is 1. The van der Waals surface area contributed by atoms with Crippen molar-refractivity contribution in [2.75, 3.05) is 25.1 Å². The highest BCUT2D eigenvalue weighted by molar-refractivity contribution is 5.58. The average Bonchev–Trinajstić information content (AvgIpc) is 2.83. The van der Waals surface area contributed by atoms with Crippen molar-refractivity contribution in [1.29, 1.82) is 0 Å². The van der Waals surface area contributed by atoms with Crippen LogP contribution in [0.4, 0.5) is 5.69 Å². The van der Waals surface area contributed by atoms with Crippen LogP contribution >= 0.6 is 0 Å². The summed E-state index contributed by atoms with van der Waals surface area (Å²) in [5.41, 5.74) is 4.38. The summed E-state index contributed by atoms with van der Waals surface area (Å²) in [5.74, 6) is 0. The van der Waals surface area contributed by atoms with Crippen LogP contribution < -0.4 is 10.2 Å². The van der Waals surface area contributed by atoms with Crippen LogP contribution in [0.2, 0.25) is 0 Å². The lowest BCUT2D eigenvalue weighted by atomic mass is 9.97. The average molecular weight is 246 g/mol. The van der Waals surface area contributed by atoms with E-state index >= 15 is 0 Å². The van der Waals surface area contributed by atoms with E-state index in [2.05, 4.69) is 42.4 Å². The predicted octanol–water partition coefficient (Wildman–Crippen LogP) is 1.95. The number of anilines is 1. The van der Waals surface area contributed by atoms with Gasteiger partial charge in [-0.3, -0.25) is 0 Å². The molecule has 1 N–H and O–H groups in total. The Morgan fingerprint density at radius 1 is 1.39 bits per heavy atom. The lowest BCUT2D eigenvalue weighted by Gasteiger charge is -2.32. The maximum atomic E-state index is 5.70. The van der Waals surface area contributed by atoms with Crippen molar-refractivity contribution in [3.63, 3.8) is 0 Å². The Morgan fingerprint density at radius 3 is 3.06 bits per heavy atom. The van der Waals surface area contributed by atoms with E-state index in [0.29, 0.717) is 12.1 Å². The molecule has 0 spiro atoms. The van der Waals surface area contributed by atoms with Crippen LogP contribution in [-0.4, -0.2) is 32.3 Å². The Hall–Kier alpha value is -1.06. The number of nitrogens with one attached hydrogen (secondary N) is 1. The third-order valence-corrected chi connectivity index (χ3v) is 4.33. The summed E-state index contributed by atoms with van der Waals surface area (Å²) in [6, 6.07) is 7.20. The summed E-state index contributed by atoms with van der Waals surface area (Å²) in [6.07, 6.45) is 2.62. The number of nitrogens with zero attached hydrogens (tertiary/aromatic N) is 1. The van der Waals surface area contributed by atoms with E-state index in [1.807, 2.05) is 0 Å². The molecule has 2 unspecified atom stereocenters. The summed E-state index contributed by atoms with van der Waals surface area (Å²) < 4.78 is 5.70. The van der Waals surface area contributed by atoms with Crippen molar-refractivity contribution in [1.82, 2.24) is 5.32 Å². The molecule has 98 valence electrons. The van der Waals surface area contributed by atoms with Gasteiger partial charge in [0.15, 0.2) is 0 Å². The maximum absolute atomic E-state index is 5.70. The smallest absolute Gasteiger partial charge is 0.0750 e. The van der Waals surface area contributed by atoms with E-state index in [4.69, 9.17) is 4.74 Å². The molecule has 0 bridgehead atoms. The summed E-state index contributed by atoms with van der Waals surface area (Å²) in [5, 5.41) is 3.44. The molecule has 0 radical (unpaired) electrons. The van der Waals surface area contributed by atoms with Gasteiger partial charge in [0.1, 0.15) is 0 Å². The van der Waals surface area contributed by atoms with Gasteiger partial charge in [-0.25, -0.2) is 0 Å². The van der Waals surface area contributed by atoms with Crippen LogP contribution in [0, 0.1) is 0 Å². The molecule has 0 aliphatic carbocycles. The summed E-state index contributed by atoms with van der Waals surface area (Å²) in [6.45, 7) is 5.18. The number of ether oxygens (including phenoxy) is 1. The molecule has 0 aromatic heterocycles. The number of likely N-dealkylation sites (N-methyl/N-ethyl adjacent to an activating group) is 1. The van der Waals surface area contributed by atoms with Gasteiger partial charge in [-0.2, -0.15) is 0 Å². The van der Waals surface area contributed by atoms with Gasteiger partial charge in [0.05, 0.1) is 12.1 Å². The molecule has 2 atom stereocenters. The first kappa shape index (κ1) is 12.0. The van der Waals surface area contributed by atoms with Crippen molar-refractivity contribution >= 4 is 5.69 Å². The van der Waals surface area contributed by atoms with Crippen LogP contribution in [0.5, 0.6) is 0 Å². The second-order valence-corrected chi connectivity index (χ2v) is 5.38. The number of hydrogen-bond donors (Lipinski definition) is 1. The van der Waals surface area contributed by atoms with E-state index in [1.54, 1.807) is 0 Å². The molecule has 3 heteroatoms. The molecule has 1 fully saturated rings. The quantitative estimate of drug-likeness (QED) is 0.863. The molecule has 3 nitrogen and oxygen atoms in total. The van der Waals surface area contributed by atoms with Crippen LogP contribution in [0.15, 0.2) is 18.2 Å². The molecule has 1 aromatic rings. The van der Waals surface area contributed by atoms with E-state index < -0.39 is 0 Å². The first-order valence-electron chi connectivity index (χ1n) is 6.93. The van der Waals surface area contributed by atoms with Crippen molar-refractivity contribution in [3.8, 4) is 0 Å². The highest BCUT2D eigenvalue weighted by Crippen LogP contribution is 2.30. The van der Waals surface area contributed by atoms with Gasteiger partial charge < -0.3 is 15.0 Å². The standard InChI is InChI=1S/C15H22N2O/c1-11-14(7-9-18-11)17(2)15-5-3-4-12-10-16-8-6-13(12)15/h3-5,11,14,16H,6-10H2,1-2H3. The van der Waals surface area contributed by atoms with Crippen LogP contribution in [0.1, 0.15) is 24.5 Å². The molecule has 2 heterocycles. The van der Waals surface area contributed by atoms with Crippen molar-refractivity contribution < 1.29 is 4.74 Å². The second kappa shape index (κ2) is 4.90. The van der Waals surface area contributed by atoms with Crippen LogP contribution in [-0.2, 0) is 17.7 Å². The Bertz CT molecular complexity index is 433. The first-order valence-corrected chi connectivity index (χ1v) is 6.93. The van der Waals surface area contributed by atoms with Crippen LogP contribution in [0.3, 0.4) is 0 Å². The third-order valence-electron chi connectivity index (χ3n) is 4.33. The highest BCUT2D eigenvalue weighted by Gasteiger charge is 2.29. The topological polar surface area (TPSA) is 24.5 Å². The van der Waals surface area contributed by atoms with Gasteiger partial charge in [-0.15, -0.1) is 0 Å². The molecule has 3 rings (SSSR count). The fourth-order valence-corrected chi connectivity index (χ4v) is 3.25. The Kier molecular flexibility index (Phi) is 3.27. The Labute approximate surface area is 109 Å². The molecule has 2 aliphatic rings. The van der Waals surface area contributed by atoms with Gasteiger partial charge in [-0.05, 0) is 43.5 Å². The van der Waals surface area contributed by atoms with E-state index in [0.717, 1.165) is 32.5 Å². The molecular weight excluding hydrogens is 224 g/mol. The van der Waals surface area contributed by atoms with Crippen LogP contribution in [0.25, 0.3) is 0 Å². The monoisotopic (exact) mass is 246 g/mol. The Morgan fingerprint density at radius 2 is 2.28 bits per heavy atom. The van der Waals surface area contributed by atoms with E-state index in [9.17, 15) is 0 Å². The molecule has 0 amide bonds. The lowest BCUT2D eigenvalue weighted by Crippen LogP contribution is -2.38. The Balaban J connectivity index is 1.91. The fourth-order valence-electron chi connectivity index (χ4n) is 3.25. The van der Waals surface area contributed by atoms with Gasteiger partial charge in [0.2, 0.25) is 0 Å². The molecule has 0 saturated carbocycles. The van der Waals surface area contributed by atoms with Crippen molar-refractivity contribution in [2.45, 2.75) is 38.5 Å². The van der Waals surface area contributed by atoms with Gasteiger partial charge in [0.25, 0.3) is 0 Å². The zero-order chi connectivity index (χ0) is 12.5. The molecule has 1 aromatic carbocycles. The number of fused-ring (bicyclic) bond motifs is 1. The zero-order valence-electron chi connectivity index (χ0n) is 11.3.